The fourth-order valence-electron chi connectivity index (χ4n) is 3.20. The summed E-state index contributed by atoms with van der Waals surface area (Å²) in [7, 11) is 0. The van der Waals surface area contributed by atoms with E-state index >= 15 is 0 Å². The van der Waals surface area contributed by atoms with Gasteiger partial charge in [-0.2, -0.15) is 0 Å². The van der Waals surface area contributed by atoms with Gasteiger partial charge in [-0.15, -0.1) is 0 Å². The molecule has 1 fully saturated rings. The van der Waals surface area contributed by atoms with E-state index in [2.05, 4.69) is 44.2 Å². The van der Waals surface area contributed by atoms with Gasteiger partial charge in [-0.3, -0.25) is 0 Å². The Hall–Kier alpha value is -0.820. The van der Waals surface area contributed by atoms with Gasteiger partial charge in [0, 0.05) is 5.54 Å². The summed E-state index contributed by atoms with van der Waals surface area (Å²) >= 11 is 0. The van der Waals surface area contributed by atoms with Crippen LogP contribution in [-0.4, -0.2) is 5.54 Å². The average molecular weight is 217 g/mol. The molecule has 1 heteroatoms. The summed E-state index contributed by atoms with van der Waals surface area (Å²) in [6.45, 7) is 4.69. The zero-order valence-electron chi connectivity index (χ0n) is 10.5. The molecule has 2 rings (SSSR count). The van der Waals surface area contributed by atoms with Gasteiger partial charge in [0.2, 0.25) is 0 Å². The van der Waals surface area contributed by atoms with Crippen LogP contribution >= 0.6 is 0 Å². The van der Waals surface area contributed by atoms with Crippen molar-refractivity contribution in [1.29, 1.82) is 0 Å². The molecule has 1 atom stereocenters. The van der Waals surface area contributed by atoms with Crippen LogP contribution < -0.4 is 5.73 Å². The predicted molar refractivity (Wildman–Crippen MR) is 69.3 cm³/mol. The SMILES string of the molecule is CC1(C)CCCC(N)(Cc2ccccc2)C1. The van der Waals surface area contributed by atoms with Crippen LogP contribution in [0.4, 0.5) is 0 Å². The van der Waals surface area contributed by atoms with Gasteiger partial charge >= 0.3 is 0 Å². The average Bonchev–Trinajstić information content (AvgIpc) is 2.16. The Labute approximate surface area is 99.0 Å². The zero-order chi connectivity index (χ0) is 11.6. The molecule has 0 amide bonds. The maximum atomic E-state index is 6.57. The molecule has 0 spiro atoms. The molecule has 0 saturated heterocycles. The molecule has 0 bridgehead atoms. The van der Waals surface area contributed by atoms with E-state index in [0.29, 0.717) is 5.41 Å². The number of hydrogen-bond acceptors (Lipinski definition) is 1. The molecular weight excluding hydrogens is 194 g/mol. The monoisotopic (exact) mass is 217 g/mol. The van der Waals surface area contributed by atoms with Crippen LogP contribution in [0.3, 0.4) is 0 Å². The van der Waals surface area contributed by atoms with Gasteiger partial charge in [0.05, 0.1) is 0 Å². The highest BCUT2D eigenvalue weighted by Crippen LogP contribution is 2.41. The van der Waals surface area contributed by atoms with Crippen LogP contribution in [0.5, 0.6) is 0 Å². The van der Waals surface area contributed by atoms with E-state index < -0.39 is 0 Å². The standard InChI is InChI=1S/C15H23N/c1-14(2)9-6-10-15(16,12-14)11-13-7-4-3-5-8-13/h3-5,7-8H,6,9-12,16H2,1-2H3. The molecule has 1 unspecified atom stereocenters. The summed E-state index contributed by atoms with van der Waals surface area (Å²) in [5.74, 6) is 0. The molecule has 1 aromatic carbocycles. The van der Waals surface area contributed by atoms with Crippen molar-refractivity contribution >= 4 is 0 Å². The molecule has 0 radical (unpaired) electrons. The number of rotatable bonds is 2. The smallest absolute Gasteiger partial charge is 0.0200 e. The Kier molecular flexibility index (Phi) is 3.07. The minimum Gasteiger partial charge on any atom is -0.325 e. The van der Waals surface area contributed by atoms with E-state index in [4.69, 9.17) is 5.73 Å². The predicted octanol–water partition coefficient (Wildman–Crippen LogP) is 3.53. The van der Waals surface area contributed by atoms with E-state index in [0.717, 1.165) is 12.8 Å². The molecule has 0 heterocycles. The first-order valence-corrected chi connectivity index (χ1v) is 6.32. The van der Waals surface area contributed by atoms with Crippen molar-refractivity contribution in [3.05, 3.63) is 35.9 Å². The van der Waals surface area contributed by atoms with Gasteiger partial charge in [0.1, 0.15) is 0 Å². The number of hydrogen-bond donors (Lipinski definition) is 1. The van der Waals surface area contributed by atoms with Gasteiger partial charge in [-0.05, 0) is 36.7 Å². The largest absolute Gasteiger partial charge is 0.325 e. The summed E-state index contributed by atoms with van der Waals surface area (Å²) in [6.07, 6.45) is 5.94. The summed E-state index contributed by atoms with van der Waals surface area (Å²) < 4.78 is 0. The van der Waals surface area contributed by atoms with Crippen molar-refractivity contribution in [3.63, 3.8) is 0 Å². The van der Waals surface area contributed by atoms with E-state index in [9.17, 15) is 0 Å². The first kappa shape index (κ1) is 11.7. The van der Waals surface area contributed by atoms with Gasteiger partial charge < -0.3 is 5.73 Å². The fourth-order valence-corrected chi connectivity index (χ4v) is 3.20. The third-order valence-electron chi connectivity index (χ3n) is 3.76. The van der Waals surface area contributed by atoms with Crippen LogP contribution in [0.15, 0.2) is 30.3 Å². The number of nitrogens with two attached hydrogens (primary N) is 1. The van der Waals surface area contributed by atoms with Crippen molar-refractivity contribution in [3.8, 4) is 0 Å². The van der Waals surface area contributed by atoms with Crippen LogP contribution in [0.25, 0.3) is 0 Å². The molecule has 0 aromatic heterocycles. The third kappa shape index (κ3) is 2.85. The third-order valence-corrected chi connectivity index (χ3v) is 3.76. The number of benzene rings is 1. The van der Waals surface area contributed by atoms with Crippen molar-refractivity contribution < 1.29 is 0 Å². The lowest BCUT2D eigenvalue weighted by atomic mass is 9.66. The van der Waals surface area contributed by atoms with Gasteiger partial charge in [0.15, 0.2) is 0 Å². The van der Waals surface area contributed by atoms with Crippen LogP contribution in [0.2, 0.25) is 0 Å². The fraction of sp³-hybridized carbons (Fsp3) is 0.600. The maximum Gasteiger partial charge on any atom is 0.0200 e. The van der Waals surface area contributed by atoms with E-state index in [1.807, 2.05) is 0 Å². The minimum atomic E-state index is 0.0170. The zero-order valence-corrected chi connectivity index (χ0v) is 10.5. The summed E-state index contributed by atoms with van der Waals surface area (Å²) in [5, 5.41) is 0. The van der Waals surface area contributed by atoms with Gasteiger partial charge in [-0.25, -0.2) is 0 Å². The summed E-state index contributed by atoms with van der Waals surface area (Å²) in [4.78, 5) is 0. The highest BCUT2D eigenvalue weighted by molar-refractivity contribution is 5.18. The molecule has 1 aliphatic rings. The molecule has 1 aromatic rings. The molecule has 1 nitrogen and oxygen atoms in total. The lowest BCUT2D eigenvalue weighted by molar-refractivity contribution is 0.151. The van der Waals surface area contributed by atoms with Gasteiger partial charge in [0.25, 0.3) is 0 Å². The van der Waals surface area contributed by atoms with Crippen molar-refractivity contribution in [2.75, 3.05) is 0 Å². The Morgan fingerprint density at radius 1 is 1.12 bits per heavy atom. The lowest BCUT2D eigenvalue weighted by Crippen LogP contribution is -2.48. The summed E-state index contributed by atoms with van der Waals surface area (Å²) in [6, 6.07) is 10.7. The summed E-state index contributed by atoms with van der Waals surface area (Å²) in [5.41, 5.74) is 8.38. The first-order chi connectivity index (χ1) is 7.49. The highest BCUT2D eigenvalue weighted by Gasteiger charge is 2.36. The Morgan fingerprint density at radius 3 is 2.44 bits per heavy atom. The van der Waals surface area contributed by atoms with Crippen LogP contribution in [-0.2, 0) is 6.42 Å². The Bertz CT molecular complexity index is 342. The normalized spacial score (nSPS) is 28.9. The second kappa shape index (κ2) is 4.21. The topological polar surface area (TPSA) is 26.0 Å². The van der Waals surface area contributed by atoms with Crippen molar-refractivity contribution in [2.45, 2.75) is 51.5 Å². The molecule has 0 aliphatic heterocycles. The molecular formula is C15H23N. The van der Waals surface area contributed by atoms with E-state index in [1.165, 1.54) is 24.8 Å². The molecule has 88 valence electrons. The lowest BCUT2D eigenvalue weighted by Gasteiger charge is -2.42. The van der Waals surface area contributed by atoms with Crippen LogP contribution in [0.1, 0.15) is 45.1 Å². The molecule has 2 N–H and O–H groups in total. The first-order valence-electron chi connectivity index (χ1n) is 6.32. The Morgan fingerprint density at radius 2 is 1.81 bits per heavy atom. The van der Waals surface area contributed by atoms with Gasteiger partial charge in [-0.1, -0.05) is 50.6 Å². The highest BCUT2D eigenvalue weighted by atomic mass is 14.8. The maximum absolute atomic E-state index is 6.57. The second-order valence-corrected chi connectivity index (χ2v) is 6.22. The molecule has 16 heavy (non-hydrogen) atoms. The van der Waals surface area contributed by atoms with E-state index in [1.54, 1.807) is 0 Å². The van der Waals surface area contributed by atoms with Crippen molar-refractivity contribution in [2.24, 2.45) is 11.1 Å². The molecule has 1 aliphatic carbocycles. The second-order valence-electron chi connectivity index (χ2n) is 6.22. The van der Waals surface area contributed by atoms with Crippen LogP contribution in [0, 0.1) is 5.41 Å². The van der Waals surface area contributed by atoms with Crippen molar-refractivity contribution in [1.82, 2.24) is 0 Å². The Balaban J connectivity index is 2.08. The quantitative estimate of drug-likeness (QED) is 0.806. The molecule has 1 saturated carbocycles. The van der Waals surface area contributed by atoms with E-state index in [-0.39, 0.29) is 5.54 Å². The minimum absolute atomic E-state index is 0.0170.